The Morgan fingerprint density at radius 2 is 2.32 bits per heavy atom. The van der Waals surface area contributed by atoms with Crippen molar-refractivity contribution in [2.24, 2.45) is 7.05 Å². The van der Waals surface area contributed by atoms with Crippen LogP contribution in [0.4, 0.5) is 11.5 Å². The van der Waals surface area contributed by atoms with Crippen LogP contribution in [0.2, 0.25) is 5.15 Å². The molecule has 0 unspecified atom stereocenters. The second-order valence-corrected chi connectivity index (χ2v) is 4.28. The Balaban J connectivity index is 2.05. The molecule has 2 aromatic heterocycles. The van der Waals surface area contributed by atoms with Crippen LogP contribution in [-0.2, 0) is 13.5 Å². The number of hydrogen-bond acceptors (Lipinski definition) is 5. The highest BCUT2D eigenvalue weighted by Gasteiger charge is 2.15. The second kappa shape index (κ2) is 5.66. The van der Waals surface area contributed by atoms with E-state index in [1.807, 2.05) is 17.8 Å². The molecule has 1 N–H and O–H groups in total. The maximum Gasteiger partial charge on any atom is 0.311 e. The van der Waals surface area contributed by atoms with E-state index in [1.165, 1.54) is 12.1 Å². The summed E-state index contributed by atoms with van der Waals surface area (Å²) in [6.07, 6.45) is 4.18. The quantitative estimate of drug-likeness (QED) is 0.515. The van der Waals surface area contributed by atoms with Gasteiger partial charge in [0.15, 0.2) is 0 Å². The fourth-order valence-corrected chi connectivity index (χ4v) is 1.78. The number of imidazole rings is 1. The van der Waals surface area contributed by atoms with Gasteiger partial charge in [-0.1, -0.05) is 11.6 Å². The van der Waals surface area contributed by atoms with Gasteiger partial charge in [0.1, 0.15) is 11.0 Å². The van der Waals surface area contributed by atoms with E-state index in [2.05, 4.69) is 15.3 Å². The van der Waals surface area contributed by atoms with E-state index in [4.69, 9.17) is 11.6 Å². The fraction of sp³-hybridized carbons (Fsp3) is 0.273. The summed E-state index contributed by atoms with van der Waals surface area (Å²) < 4.78 is 1.89. The highest BCUT2D eigenvalue weighted by Crippen LogP contribution is 2.23. The molecule has 0 aliphatic carbocycles. The number of rotatable bonds is 5. The van der Waals surface area contributed by atoms with Gasteiger partial charge in [-0.2, -0.15) is 0 Å². The molecule has 0 aliphatic heterocycles. The van der Waals surface area contributed by atoms with E-state index in [-0.39, 0.29) is 16.7 Å². The van der Waals surface area contributed by atoms with E-state index in [0.29, 0.717) is 13.0 Å². The van der Waals surface area contributed by atoms with Crippen molar-refractivity contribution in [3.8, 4) is 0 Å². The third-order valence-corrected chi connectivity index (χ3v) is 2.81. The summed E-state index contributed by atoms with van der Waals surface area (Å²) >= 11 is 5.74. The number of hydrogen-bond donors (Lipinski definition) is 1. The first kappa shape index (κ1) is 13.3. The van der Waals surface area contributed by atoms with E-state index >= 15 is 0 Å². The first-order valence-electron chi connectivity index (χ1n) is 5.59. The number of aryl methyl sites for hydroxylation is 1. The Morgan fingerprint density at radius 3 is 2.95 bits per heavy atom. The Labute approximate surface area is 114 Å². The lowest BCUT2D eigenvalue weighted by Gasteiger charge is -2.06. The third kappa shape index (κ3) is 3.19. The van der Waals surface area contributed by atoms with Crippen LogP contribution in [-0.4, -0.2) is 26.0 Å². The number of nitro groups is 1. The summed E-state index contributed by atoms with van der Waals surface area (Å²) in [4.78, 5) is 18.4. The minimum Gasteiger partial charge on any atom is -0.364 e. The Bertz CT molecular complexity index is 599. The number of halogens is 1. The largest absolute Gasteiger partial charge is 0.364 e. The summed E-state index contributed by atoms with van der Waals surface area (Å²) in [6, 6.07) is 2.72. The Kier molecular flexibility index (Phi) is 3.96. The van der Waals surface area contributed by atoms with Crippen molar-refractivity contribution < 1.29 is 4.92 Å². The van der Waals surface area contributed by atoms with Gasteiger partial charge in [0.05, 0.1) is 4.92 Å². The van der Waals surface area contributed by atoms with Gasteiger partial charge in [0.2, 0.25) is 5.82 Å². The number of pyridine rings is 1. The van der Waals surface area contributed by atoms with Crippen LogP contribution in [0.1, 0.15) is 5.82 Å². The van der Waals surface area contributed by atoms with Crippen molar-refractivity contribution in [2.45, 2.75) is 6.42 Å². The number of nitrogens with zero attached hydrogens (tertiary/aromatic N) is 4. The highest BCUT2D eigenvalue weighted by molar-refractivity contribution is 6.29. The first-order chi connectivity index (χ1) is 9.08. The van der Waals surface area contributed by atoms with Crippen molar-refractivity contribution in [1.29, 1.82) is 0 Å². The predicted octanol–water partition coefficient (Wildman–Crippen LogP) is 2.03. The minimum absolute atomic E-state index is 0.0933. The van der Waals surface area contributed by atoms with Crippen molar-refractivity contribution in [2.75, 3.05) is 11.9 Å². The summed E-state index contributed by atoms with van der Waals surface area (Å²) in [5, 5.41) is 14.0. The van der Waals surface area contributed by atoms with E-state index in [1.54, 1.807) is 6.20 Å². The maximum absolute atomic E-state index is 10.8. The molecule has 8 heteroatoms. The average Bonchev–Trinajstić information content (AvgIpc) is 2.75. The second-order valence-electron chi connectivity index (χ2n) is 3.89. The lowest BCUT2D eigenvalue weighted by atomic mass is 10.3. The molecule has 0 saturated carbocycles. The summed E-state index contributed by atoms with van der Waals surface area (Å²) in [6.45, 7) is 0.485. The SMILES string of the molecule is Cn1ccnc1CCNc1nc(Cl)ccc1[N+](=O)[O-]. The molecule has 2 aromatic rings. The minimum atomic E-state index is -0.494. The zero-order valence-corrected chi connectivity index (χ0v) is 11.0. The van der Waals surface area contributed by atoms with Crippen LogP contribution >= 0.6 is 11.6 Å². The van der Waals surface area contributed by atoms with Gasteiger partial charge in [-0.05, 0) is 6.07 Å². The molecular formula is C11H12ClN5O2. The lowest BCUT2D eigenvalue weighted by molar-refractivity contribution is -0.384. The maximum atomic E-state index is 10.8. The van der Waals surface area contributed by atoms with Crippen molar-refractivity contribution in [3.63, 3.8) is 0 Å². The molecule has 0 spiro atoms. The molecule has 2 rings (SSSR count). The molecule has 0 aromatic carbocycles. The van der Waals surface area contributed by atoms with Gasteiger partial charge in [-0.15, -0.1) is 0 Å². The molecule has 2 heterocycles. The monoisotopic (exact) mass is 281 g/mol. The van der Waals surface area contributed by atoms with Gasteiger partial charge in [0, 0.05) is 38.5 Å². The first-order valence-corrected chi connectivity index (χ1v) is 5.96. The van der Waals surface area contributed by atoms with E-state index in [9.17, 15) is 10.1 Å². The van der Waals surface area contributed by atoms with Crippen LogP contribution in [0.15, 0.2) is 24.5 Å². The van der Waals surface area contributed by atoms with Crippen molar-refractivity contribution >= 4 is 23.1 Å². The molecule has 100 valence electrons. The van der Waals surface area contributed by atoms with Crippen LogP contribution in [0.3, 0.4) is 0 Å². The van der Waals surface area contributed by atoms with Gasteiger partial charge in [0.25, 0.3) is 0 Å². The van der Waals surface area contributed by atoms with E-state index < -0.39 is 4.92 Å². The zero-order valence-electron chi connectivity index (χ0n) is 10.2. The van der Waals surface area contributed by atoms with Gasteiger partial charge in [-0.3, -0.25) is 10.1 Å². The molecule has 0 fully saturated rings. The predicted molar refractivity (Wildman–Crippen MR) is 71.3 cm³/mol. The third-order valence-electron chi connectivity index (χ3n) is 2.60. The Hall–Kier alpha value is -2.15. The van der Waals surface area contributed by atoms with Crippen LogP contribution in [0, 0.1) is 10.1 Å². The molecule has 0 atom stereocenters. The van der Waals surface area contributed by atoms with Gasteiger partial charge in [-0.25, -0.2) is 9.97 Å². The molecule has 0 saturated heterocycles. The van der Waals surface area contributed by atoms with Gasteiger partial charge < -0.3 is 9.88 Å². The topological polar surface area (TPSA) is 85.9 Å². The number of anilines is 1. The molecule has 0 amide bonds. The molecule has 7 nitrogen and oxygen atoms in total. The smallest absolute Gasteiger partial charge is 0.311 e. The lowest BCUT2D eigenvalue weighted by Crippen LogP contribution is -2.11. The summed E-state index contributed by atoms with van der Waals surface area (Å²) in [5.41, 5.74) is -0.0933. The summed E-state index contributed by atoms with van der Waals surface area (Å²) in [5.74, 6) is 1.06. The van der Waals surface area contributed by atoms with Crippen molar-refractivity contribution in [1.82, 2.24) is 14.5 Å². The average molecular weight is 282 g/mol. The normalized spacial score (nSPS) is 10.4. The Morgan fingerprint density at radius 1 is 1.53 bits per heavy atom. The zero-order chi connectivity index (χ0) is 13.8. The summed E-state index contributed by atoms with van der Waals surface area (Å²) in [7, 11) is 1.89. The van der Waals surface area contributed by atoms with Gasteiger partial charge >= 0.3 is 5.69 Å². The molecule has 0 radical (unpaired) electrons. The molecular weight excluding hydrogens is 270 g/mol. The fourth-order valence-electron chi connectivity index (χ4n) is 1.64. The molecule has 19 heavy (non-hydrogen) atoms. The number of aromatic nitrogens is 3. The number of nitrogens with one attached hydrogen (secondary N) is 1. The molecule has 0 bridgehead atoms. The standard InChI is InChI=1S/C11H12ClN5O2/c1-16-7-6-13-10(16)4-5-14-11-8(17(18)19)2-3-9(12)15-11/h2-3,6-7H,4-5H2,1H3,(H,14,15). The van der Waals surface area contributed by atoms with Crippen LogP contribution in [0.25, 0.3) is 0 Å². The molecule has 0 aliphatic rings. The van der Waals surface area contributed by atoms with Crippen LogP contribution in [0.5, 0.6) is 0 Å². The van der Waals surface area contributed by atoms with Crippen LogP contribution < -0.4 is 5.32 Å². The highest BCUT2D eigenvalue weighted by atomic mass is 35.5. The van der Waals surface area contributed by atoms with Crippen molar-refractivity contribution in [3.05, 3.63) is 45.6 Å². The van der Waals surface area contributed by atoms with E-state index in [0.717, 1.165) is 5.82 Å².